The Labute approximate surface area is 150 Å². The van der Waals surface area contributed by atoms with Crippen molar-refractivity contribution in [3.63, 3.8) is 0 Å². The van der Waals surface area contributed by atoms with Gasteiger partial charge in [0.25, 0.3) is 5.91 Å². The van der Waals surface area contributed by atoms with Crippen LogP contribution in [0, 0.1) is 0 Å². The fourth-order valence-electron chi connectivity index (χ4n) is 2.97. The molecule has 5 nitrogen and oxygen atoms in total. The zero-order valence-corrected chi connectivity index (χ0v) is 14.7. The van der Waals surface area contributed by atoms with E-state index in [-0.39, 0.29) is 24.1 Å². The fourth-order valence-corrected chi connectivity index (χ4v) is 2.97. The summed E-state index contributed by atoms with van der Waals surface area (Å²) in [5.41, 5.74) is -0.736. The highest BCUT2D eigenvalue weighted by atomic mass is 19.4. The summed E-state index contributed by atoms with van der Waals surface area (Å²) < 4.78 is 37.5. The molecule has 0 unspecified atom stereocenters. The van der Waals surface area contributed by atoms with Crippen LogP contribution in [0.5, 0.6) is 0 Å². The van der Waals surface area contributed by atoms with E-state index in [1.807, 2.05) is 0 Å². The van der Waals surface area contributed by atoms with Crippen LogP contribution in [0.4, 0.5) is 13.2 Å². The minimum atomic E-state index is -4.44. The molecule has 1 aromatic carbocycles. The number of nitrogens with one attached hydrogen (secondary N) is 2. The van der Waals surface area contributed by atoms with Crippen LogP contribution < -0.4 is 10.6 Å². The molecule has 1 fully saturated rings. The first kappa shape index (κ1) is 20.2. The Hall–Kier alpha value is -2.09. The van der Waals surface area contributed by atoms with Crippen molar-refractivity contribution in [3.8, 4) is 0 Å². The van der Waals surface area contributed by atoms with Crippen LogP contribution in [-0.4, -0.2) is 48.9 Å². The number of rotatable bonds is 6. The molecule has 0 radical (unpaired) electrons. The minimum Gasteiger partial charge on any atom is -0.352 e. The van der Waals surface area contributed by atoms with Crippen molar-refractivity contribution in [2.75, 3.05) is 26.2 Å². The van der Waals surface area contributed by atoms with Gasteiger partial charge in [0.1, 0.15) is 0 Å². The molecule has 1 heterocycles. The highest BCUT2D eigenvalue weighted by molar-refractivity contribution is 5.96. The molecular weight excluding hydrogens is 347 g/mol. The molecule has 2 rings (SSSR count). The minimum absolute atomic E-state index is 0.0821. The molecule has 0 aliphatic carbocycles. The number of alkyl halides is 3. The summed E-state index contributed by atoms with van der Waals surface area (Å²) in [5.74, 6) is -0.870. The molecule has 144 valence electrons. The van der Waals surface area contributed by atoms with Gasteiger partial charge < -0.3 is 15.5 Å². The van der Waals surface area contributed by atoms with E-state index in [1.54, 1.807) is 0 Å². The number of benzene rings is 1. The van der Waals surface area contributed by atoms with Crippen molar-refractivity contribution in [3.05, 3.63) is 35.4 Å². The fraction of sp³-hybridized carbons (Fsp3) is 0.556. The molecule has 0 aromatic heterocycles. The number of piperidine rings is 1. The summed E-state index contributed by atoms with van der Waals surface area (Å²) in [6.07, 6.45) is -1.59. The van der Waals surface area contributed by atoms with E-state index in [1.165, 1.54) is 0 Å². The van der Waals surface area contributed by atoms with Gasteiger partial charge in [-0.1, -0.05) is 6.92 Å². The van der Waals surface area contributed by atoms with Crippen LogP contribution in [-0.2, 0) is 11.0 Å². The molecule has 0 bridgehead atoms. The third-order valence-electron chi connectivity index (χ3n) is 4.38. The number of nitrogens with zero attached hydrogens (tertiary/aromatic N) is 1. The topological polar surface area (TPSA) is 61.4 Å². The number of hydrogen-bond acceptors (Lipinski definition) is 3. The average molecular weight is 371 g/mol. The van der Waals surface area contributed by atoms with Crippen LogP contribution in [0.1, 0.15) is 42.1 Å². The molecule has 1 aliphatic heterocycles. The van der Waals surface area contributed by atoms with Crippen LogP contribution >= 0.6 is 0 Å². The number of hydrogen-bond donors (Lipinski definition) is 2. The van der Waals surface area contributed by atoms with Crippen molar-refractivity contribution < 1.29 is 22.8 Å². The second-order valence-electron chi connectivity index (χ2n) is 6.44. The summed E-state index contributed by atoms with van der Waals surface area (Å²) in [7, 11) is 0. The Morgan fingerprint density at radius 2 is 1.77 bits per heavy atom. The summed E-state index contributed by atoms with van der Waals surface area (Å²) in [5, 5.41) is 5.32. The zero-order chi connectivity index (χ0) is 19.2. The van der Waals surface area contributed by atoms with Crippen LogP contribution in [0.15, 0.2) is 24.3 Å². The smallest absolute Gasteiger partial charge is 0.352 e. The third-order valence-corrected chi connectivity index (χ3v) is 4.38. The Kier molecular flexibility index (Phi) is 7.02. The number of carbonyl (C=O) groups excluding carboxylic acids is 2. The Balaban J connectivity index is 1.74. The lowest BCUT2D eigenvalue weighted by Gasteiger charge is -2.32. The zero-order valence-electron chi connectivity index (χ0n) is 14.7. The van der Waals surface area contributed by atoms with E-state index < -0.39 is 17.6 Å². The van der Waals surface area contributed by atoms with Crippen molar-refractivity contribution in [1.82, 2.24) is 15.5 Å². The molecule has 2 amide bonds. The Morgan fingerprint density at radius 1 is 1.15 bits per heavy atom. The van der Waals surface area contributed by atoms with Gasteiger partial charge in [-0.05, 0) is 50.1 Å². The van der Waals surface area contributed by atoms with E-state index in [9.17, 15) is 22.8 Å². The largest absolute Gasteiger partial charge is 0.416 e. The lowest BCUT2D eigenvalue weighted by molar-refractivity contribution is -0.137. The standard InChI is InChI=1S/C18H24F3N3O2/c1-2-9-24-10-7-15(8-11-24)23-16(25)12-22-17(26)13-3-5-14(6-4-13)18(19,20)21/h3-6,15H,2,7-12H2,1H3,(H,22,26)(H,23,25). The van der Waals surface area contributed by atoms with Crippen LogP contribution in [0.2, 0.25) is 0 Å². The van der Waals surface area contributed by atoms with Crippen LogP contribution in [0.3, 0.4) is 0 Å². The first-order chi connectivity index (χ1) is 12.3. The van der Waals surface area contributed by atoms with Gasteiger partial charge in [-0.3, -0.25) is 9.59 Å². The van der Waals surface area contributed by atoms with Crippen molar-refractivity contribution in [2.24, 2.45) is 0 Å². The van der Waals surface area contributed by atoms with Gasteiger partial charge in [-0.25, -0.2) is 0 Å². The molecule has 8 heteroatoms. The molecule has 1 aromatic rings. The predicted octanol–water partition coefficient (Wildman–Crippen LogP) is 2.43. The number of likely N-dealkylation sites (tertiary alicyclic amines) is 1. The second kappa shape index (κ2) is 9.02. The maximum atomic E-state index is 12.5. The van der Waals surface area contributed by atoms with E-state index in [0.717, 1.165) is 63.2 Å². The van der Waals surface area contributed by atoms with Gasteiger partial charge in [0.05, 0.1) is 12.1 Å². The summed E-state index contributed by atoms with van der Waals surface area (Å²) in [6.45, 7) is 4.87. The third kappa shape index (κ3) is 6.01. The van der Waals surface area contributed by atoms with Crippen molar-refractivity contribution in [1.29, 1.82) is 0 Å². The lowest BCUT2D eigenvalue weighted by Crippen LogP contribution is -2.47. The monoisotopic (exact) mass is 371 g/mol. The number of amides is 2. The van der Waals surface area contributed by atoms with E-state index in [2.05, 4.69) is 22.5 Å². The second-order valence-corrected chi connectivity index (χ2v) is 6.44. The van der Waals surface area contributed by atoms with E-state index in [0.29, 0.717) is 0 Å². The Morgan fingerprint density at radius 3 is 2.31 bits per heavy atom. The summed E-state index contributed by atoms with van der Waals surface area (Å²) in [4.78, 5) is 26.2. The van der Waals surface area contributed by atoms with Gasteiger partial charge >= 0.3 is 6.18 Å². The van der Waals surface area contributed by atoms with E-state index in [4.69, 9.17) is 0 Å². The number of carbonyl (C=O) groups is 2. The average Bonchev–Trinajstić information content (AvgIpc) is 2.61. The Bertz CT molecular complexity index is 609. The van der Waals surface area contributed by atoms with Gasteiger partial charge in [0.15, 0.2) is 0 Å². The van der Waals surface area contributed by atoms with Gasteiger partial charge in [0, 0.05) is 24.7 Å². The normalized spacial score (nSPS) is 16.3. The molecule has 1 saturated heterocycles. The van der Waals surface area contributed by atoms with Crippen molar-refractivity contribution >= 4 is 11.8 Å². The van der Waals surface area contributed by atoms with Crippen LogP contribution in [0.25, 0.3) is 0 Å². The molecule has 0 atom stereocenters. The highest BCUT2D eigenvalue weighted by Gasteiger charge is 2.30. The first-order valence-electron chi connectivity index (χ1n) is 8.76. The summed E-state index contributed by atoms with van der Waals surface area (Å²) >= 11 is 0. The molecule has 0 saturated carbocycles. The molecule has 26 heavy (non-hydrogen) atoms. The van der Waals surface area contributed by atoms with Gasteiger partial charge in [-0.15, -0.1) is 0 Å². The lowest BCUT2D eigenvalue weighted by atomic mass is 10.0. The number of halogens is 3. The van der Waals surface area contributed by atoms with E-state index >= 15 is 0 Å². The molecule has 2 N–H and O–H groups in total. The molecule has 0 spiro atoms. The quantitative estimate of drug-likeness (QED) is 0.807. The molecule has 1 aliphatic rings. The summed E-state index contributed by atoms with van der Waals surface area (Å²) in [6, 6.07) is 3.98. The van der Waals surface area contributed by atoms with Crippen molar-refractivity contribution in [2.45, 2.75) is 38.4 Å². The maximum Gasteiger partial charge on any atom is 0.416 e. The first-order valence-corrected chi connectivity index (χ1v) is 8.76. The van der Waals surface area contributed by atoms with Gasteiger partial charge in [0.2, 0.25) is 5.91 Å². The highest BCUT2D eigenvalue weighted by Crippen LogP contribution is 2.29. The molecular formula is C18H24F3N3O2. The SMILES string of the molecule is CCCN1CCC(NC(=O)CNC(=O)c2ccc(C(F)(F)F)cc2)CC1. The maximum absolute atomic E-state index is 12.5. The predicted molar refractivity (Wildman–Crippen MR) is 91.7 cm³/mol. The van der Waals surface area contributed by atoms with Gasteiger partial charge in [-0.2, -0.15) is 13.2 Å².